The number of aromatic hydroxyl groups is 1. The van der Waals surface area contributed by atoms with Gasteiger partial charge in [-0.25, -0.2) is 0 Å². The zero-order valence-corrected chi connectivity index (χ0v) is 14.4. The third kappa shape index (κ3) is 4.68. The van der Waals surface area contributed by atoms with E-state index in [9.17, 15) is 10.2 Å². The van der Waals surface area contributed by atoms with Crippen LogP contribution in [-0.4, -0.2) is 21.3 Å². The summed E-state index contributed by atoms with van der Waals surface area (Å²) >= 11 is 0. The maximum absolute atomic E-state index is 9.55. The predicted octanol–water partition coefficient (Wildman–Crippen LogP) is 5.17. The number of nitrogens with zero attached hydrogens (tertiary/aromatic N) is 1. The third-order valence-electron chi connectivity index (χ3n) is 4.22. The molecule has 0 saturated carbocycles. The average Bonchev–Trinajstić information content (AvgIpc) is 2.61. The Hall–Kier alpha value is -2.65. The van der Waals surface area contributed by atoms with Gasteiger partial charge in [-0.2, -0.15) is 0 Å². The van der Waals surface area contributed by atoms with Gasteiger partial charge in [0.25, 0.3) is 0 Å². The van der Waals surface area contributed by atoms with E-state index < -0.39 is 0 Å². The molecule has 0 aliphatic heterocycles. The first-order valence-electron chi connectivity index (χ1n) is 8.65. The molecular weight excluding hydrogens is 310 g/mol. The smallest absolute Gasteiger partial charge is 0.116 e. The van der Waals surface area contributed by atoms with Crippen molar-refractivity contribution in [1.82, 2.24) is 4.98 Å². The van der Waals surface area contributed by atoms with Crippen LogP contribution >= 0.6 is 0 Å². The molecule has 3 aromatic rings. The fourth-order valence-corrected chi connectivity index (χ4v) is 2.82. The topological polar surface area (TPSA) is 53.4 Å². The lowest BCUT2D eigenvalue weighted by Gasteiger charge is -2.05. The fraction of sp³-hybridized carbons (Fsp3) is 0.227. The number of phenols is 1. The van der Waals surface area contributed by atoms with Gasteiger partial charge in [0.1, 0.15) is 5.75 Å². The minimum Gasteiger partial charge on any atom is -0.508 e. The Labute approximate surface area is 148 Å². The van der Waals surface area contributed by atoms with Crippen molar-refractivity contribution in [3.63, 3.8) is 0 Å². The van der Waals surface area contributed by atoms with E-state index in [0.717, 1.165) is 46.9 Å². The molecule has 0 radical (unpaired) electrons. The molecule has 25 heavy (non-hydrogen) atoms. The molecule has 3 nitrogen and oxygen atoms in total. The first-order valence-corrected chi connectivity index (χ1v) is 8.65. The summed E-state index contributed by atoms with van der Waals surface area (Å²) in [5.41, 5.74) is 3.12. The van der Waals surface area contributed by atoms with Gasteiger partial charge < -0.3 is 10.2 Å². The van der Waals surface area contributed by atoms with Crippen molar-refractivity contribution in [2.75, 3.05) is 0 Å². The lowest BCUT2D eigenvalue weighted by atomic mass is 10.0. The van der Waals surface area contributed by atoms with Gasteiger partial charge in [-0.3, -0.25) is 4.98 Å². The minimum atomic E-state index is -0.225. The van der Waals surface area contributed by atoms with Gasteiger partial charge in [-0.15, -0.1) is 0 Å². The van der Waals surface area contributed by atoms with Gasteiger partial charge in [-0.1, -0.05) is 30.3 Å². The summed E-state index contributed by atoms with van der Waals surface area (Å²) < 4.78 is 0. The molecule has 0 bridgehead atoms. The van der Waals surface area contributed by atoms with E-state index in [1.165, 1.54) is 0 Å². The van der Waals surface area contributed by atoms with Crippen LogP contribution in [-0.2, 0) is 0 Å². The van der Waals surface area contributed by atoms with E-state index in [4.69, 9.17) is 0 Å². The van der Waals surface area contributed by atoms with Crippen molar-refractivity contribution in [1.29, 1.82) is 0 Å². The van der Waals surface area contributed by atoms with E-state index in [1.807, 2.05) is 43.5 Å². The fourth-order valence-electron chi connectivity index (χ4n) is 2.82. The van der Waals surface area contributed by atoms with Crippen LogP contribution in [0.2, 0.25) is 0 Å². The summed E-state index contributed by atoms with van der Waals surface area (Å²) in [5, 5.41) is 20.9. The second kappa shape index (κ2) is 7.95. The summed E-state index contributed by atoms with van der Waals surface area (Å²) in [6.07, 6.45) is 8.55. The number of aliphatic hydroxyl groups is 1. The Morgan fingerprint density at radius 3 is 2.52 bits per heavy atom. The molecular formula is C22H23NO2. The van der Waals surface area contributed by atoms with Crippen LogP contribution < -0.4 is 0 Å². The van der Waals surface area contributed by atoms with E-state index in [0.29, 0.717) is 0 Å². The van der Waals surface area contributed by atoms with Crippen molar-refractivity contribution in [3.05, 3.63) is 66.5 Å². The molecule has 0 aliphatic rings. The second-order valence-electron chi connectivity index (χ2n) is 6.40. The number of fused-ring (bicyclic) bond motifs is 1. The zero-order valence-electron chi connectivity index (χ0n) is 14.4. The van der Waals surface area contributed by atoms with Crippen LogP contribution in [0.15, 0.2) is 60.8 Å². The highest BCUT2D eigenvalue weighted by molar-refractivity contribution is 5.88. The number of aromatic nitrogens is 1. The van der Waals surface area contributed by atoms with Gasteiger partial charge >= 0.3 is 0 Å². The SMILES string of the molecule is CC(O)CCCC=Cc1ccc(-c2ccc3cc(O)ccc3c2)cn1. The number of pyridine rings is 1. The monoisotopic (exact) mass is 333 g/mol. The molecule has 0 aliphatic carbocycles. The van der Waals surface area contributed by atoms with Gasteiger partial charge in [0.15, 0.2) is 0 Å². The lowest BCUT2D eigenvalue weighted by molar-refractivity contribution is 0.182. The number of phenolic OH excluding ortho intramolecular Hbond substituents is 1. The highest BCUT2D eigenvalue weighted by Crippen LogP contribution is 2.26. The van der Waals surface area contributed by atoms with Crippen molar-refractivity contribution in [2.45, 2.75) is 32.3 Å². The van der Waals surface area contributed by atoms with Gasteiger partial charge in [0.05, 0.1) is 11.8 Å². The predicted molar refractivity (Wildman–Crippen MR) is 103 cm³/mol. The van der Waals surface area contributed by atoms with Crippen molar-refractivity contribution in [2.24, 2.45) is 0 Å². The minimum absolute atomic E-state index is 0.225. The Morgan fingerprint density at radius 2 is 1.76 bits per heavy atom. The molecule has 3 rings (SSSR count). The van der Waals surface area contributed by atoms with Crippen LogP contribution in [0.5, 0.6) is 5.75 Å². The van der Waals surface area contributed by atoms with Crippen molar-refractivity contribution >= 4 is 16.8 Å². The van der Waals surface area contributed by atoms with Crippen molar-refractivity contribution < 1.29 is 10.2 Å². The molecule has 2 aromatic carbocycles. The van der Waals surface area contributed by atoms with E-state index in [-0.39, 0.29) is 11.9 Å². The van der Waals surface area contributed by atoms with Crippen LogP contribution in [0.1, 0.15) is 31.9 Å². The number of benzene rings is 2. The quantitative estimate of drug-likeness (QED) is 0.612. The Kier molecular flexibility index (Phi) is 5.46. The molecule has 3 heteroatoms. The highest BCUT2D eigenvalue weighted by Gasteiger charge is 2.01. The van der Waals surface area contributed by atoms with Gasteiger partial charge in [0.2, 0.25) is 0 Å². The molecule has 128 valence electrons. The molecule has 1 unspecified atom stereocenters. The largest absolute Gasteiger partial charge is 0.508 e. The van der Waals surface area contributed by atoms with Gasteiger partial charge in [0, 0.05) is 11.8 Å². The normalized spacial score (nSPS) is 12.7. The molecule has 2 N–H and O–H groups in total. The first kappa shape index (κ1) is 17.2. The molecule has 0 saturated heterocycles. The van der Waals surface area contributed by atoms with Crippen LogP contribution in [0, 0.1) is 0 Å². The number of unbranched alkanes of at least 4 members (excludes halogenated alkanes) is 1. The number of allylic oxidation sites excluding steroid dienone is 1. The molecule has 1 aromatic heterocycles. The average molecular weight is 333 g/mol. The third-order valence-corrected chi connectivity index (χ3v) is 4.22. The maximum atomic E-state index is 9.55. The van der Waals surface area contributed by atoms with Crippen LogP contribution in [0.4, 0.5) is 0 Å². The first-order chi connectivity index (χ1) is 12.1. The highest BCUT2D eigenvalue weighted by atomic mass is 16.3. The summed E-state index contributed by atoms with van der Waals surface area (Å²) in [5.74, 6) is 0.284. The number of hydrogen-bond acceptors (Lipinski definition) is 3. The van der Waals surface area contributed by atoms with E-state index in [2.05, 4.69) is 23.2 Å². The molecule has 0 fully saturated rings. The van der Waals surface area contributed by atoms with Crippen molar-refractivity contribution in [3.8, 4) is 16.9 Å². The Balaban J connectivity index is 1.69. The summed E-state index contributed by atoms with van der Waals surface area (Å²) in [6, 6.07) is 15.7. The molecule has 0 spiro atoms. The van der Waals surface area contributed by atoms with Crippen LogP contribution in [0.25, 0.3) is 28.0 Å². The lowest BCUT2D eigenvalue weighted by Crippen LogP contribution is -1.97. The van der Waals surface area contributed by atoms with E-state index >= 15 is 0 Å². The van der Waals surface area contributed by atoms with Crippen LogP contribution in [0.3, 0.4) is 0 Å². The maximum Gasteiger partial charge on any atom is 0.116 e. The van der Waals surface area contributed by atoms with E-state index in [1.54, 1.807) is 12.1 Å². The zero-order chi connectivity index (χ0) is 17.6. The summed E-state index contributed by atoms with van der Waals surface area (Å²) in [7, 11) is 0. The van der Waals surface area contributed by atoms with Gasteiger partial charge in [-0.05, 0) is 72.9 Å². The molecule has 1 heterocycles. The molecule has 0 amide bonds. The second-order valence-corrected chi connectivity index (χ2v) is 6.40. The number of hydrogen-bond donors (Lipinski definition) is 2. The summed E-state index contributed by atoms with van der Waals surface area (Å²) in [6.45, 7) is 1.82. The standard InChI is InChI=1S/C22H23NO2/c1-16(24)5-3-2-4-6-21-11-9-20(15-23-21)18-7-8-19-14-22(25)12-10-17(19)13-18/h4,6-16,24-25H,2-3,5H2,1H3. The number of aliphatic hydroxyl groups excluding tert-OH is 1. The number of rotatable bonds is 6. The Bertz CT molecular complexity index is 867. The summed E-state index contributed by atoms with van der Waals surface area (Å²) in [4.78, 5) is 4.51. The Morgan fingerprint density at radius 1 is 1.00 bits per heavy atom. The molecule has 1 atom stereocenters.